The molecule has 0 fully saturated rings. The smallest absolute Gasteiger partial charge is 0.197 e. The van der Waals surface area contributed by atoms with E-state index in [9.17, 15) is 4.79 Å². The fourth-order valence-corrected chi connectivity index (χ4v) is 2.39. The predicted octanol–water partition coefficient (Wildman–Crippen LogP) is 3.16. The monoisotopic (exact) mass is 231 g/mol. The quantitative estimate of drug-likeness (QED) is 0.597. The van der Waals surface area contributed by atoms with Gasteiger partial charge < -0.3 is 4.90 Å². The Morgan fingerprint density at radius 2 is 2.06 bits per heavy atom. The molecule has 3 heteroatoms. The van der Waals surface area contributed by atoms with Crippen LogP contribution >= 0.6 is 11.3 Å². The maximum atomic E-state index is 11.8. The SMILES string of the molecule is CN(C)C=CC(=O)c1cc2ccccc2s1. The Morgan fingerprint density at radius 3 is 2.75 bits per heavy atom. The lowest BCUT2D eigenvalue weighted by atomic mass is 10.2. The Bertz CT molecular complexity index is 507. The van der Waals surface area contributed by atoms with Crippen molar-refractivity contribution in [3.8, 4) is 0 Å². The molecule has 0 saturated heterocycles. The van der Waals surface area contributed by atoms with Gasteiger partial charge in [-0.3, -0.25) is 4.79 Å². The molecule has 0 atom stereocenters. The van der Waals surface area contributed by atoms with E-state index in [-0.39, 0.29) is 5.78 Å². The summed E-state index contributed by atoms with van der Waals surface area (Å²) < 4.78 is 1.16. The van der Waals surface area contributed by atoms with Crippen LogP contribution in [0.5, 0.6) is 0 Å². The maximum Gasteiger partial charge on any atom is 0.197 e. The number of allylic oxidation sites excluding steroid dienone is 1. The average molecular weight is 231 g/mol. The van der Waals surface area contributed by atoms with Gasteiger partial charge in [0.2, 0.25) is 0 Å². The zero-order valence-corrected chi connectivity index (χ0v) is 10.1. The summed E-state index contributed by atoms with van der Waals surface area (Å²) in [5, 5.41) is 1.13. The third-order valence-corrected chi connectivity index (χ3v) is 3.32. The van der Waals surface area contributed by atoms with Gasteiger partial charge in [0.25, 0.3) is 0 Å². The molecule has 0 aliphatic heterocycles. The van der Waals surface area contributed by atoms with Gasteiger partial charge in [0.15, 0.2) is 5.78 Å². The molecule has 0 saturated carbocycles. The summed E-state index contributed by atoms with van der Waals surface area (Å²) in [6, 6.07) is 9.98. The molecule has 0 amide bonds. The molecule has 0 spiro atoms. The van der Waals surface area contributed by atoms with E-state index in [0.29, 0.717) is 0 Å². The Morgan fingerprint density at radius 1 is 1.31 bits per heavy atom. The fourth-order valence-electron chi connectivity index (χ4n) is 1.40. The summed E-state index contributed by atoms with van der Waals surface area (Å²) in [5.74, 6) is 0.0647. The van der Waals surface area contributed by atoms with E-state index in [4.69, 9.17) is 0 Å². The Labute approximate surface area is 98.8 Å². The van der Waals surface area contributed by atoms with E-state index < -0.39 is 0 Å². The molecular weight excluding hydrogens is 218 g/mol. The summed E-state index contributed by atoms with van der Waals surface area (Å²) in [7, 11) is 3.80. The maximum absolute atomic E-state index is 11.8. The highest BCUT2D eigenvalue weighted by Crippen LogP contribution is 2.25. The van der Waals surface area contributed by atoms with Gasteiger partial charge >= 0.3 is 0 Å². The molecule has 16 heavy (non-hydrogen) atoms. The van der Waals surface area contributed by atoms with E-state index >= 15 is 0 Å². The molecule has 0 N–H and O–H groups in total. The summed E-state index contributed by atoms with van der Waals surface area (Å²) in [6.45, 7) is 0. The summed E-state index contributed by atoms with van der Waals surface area (Å²) >= 11 is 1.54. The molecule has 0 aliphatic carbocycles. The molecule has 2 rings (SSSR count). The van der Waals surface area contributed by atoms with Crippen molar-refractivity contribution >= 4 is 27.2 Å². The van der Waals surface area contributed by atoms with Crippen LogP contribution in [0.2, 0.25) is 0 Å². The number of rotatable bonds is 3. The van der Waals surface area contributed by atoms with Gasteiger partial charge in [-0.2, -0.15) is 0 Å². The molecule has 2 aromatic rings. The number of carbonyl (C=O) groups is 1. The minimum absolute atomic E-state index is 0.0647. The van der Waals surface area contributed by atoms with Crippen LogP contribution < -0.4 is 0 Å². The fraction of sp³-hybridized carbons (Fsp3) is 0.154. The van der Waals surface area contributed by atoms with Crippen molar-refractivity contribution in [3.63, 3.8) is 0 Å². The average Bonchev–Trinajstić information content (AvgIpc) is 2.69. The lowest BCUT2D eigenvalue weighted by Crippen LogP contribution is -2.02. The molecule has 0 radical (unpaired) electrons. The normalized spacial score (nSPS) is 11.1. The van der Waals surface area contributed by atoms with E-state index in [0.717, 1.165) is 15.0 Å². The number of thiophene rings is 1. The molecular formula is C13H13NOS. The van der Waals surface area contributed by atoms with E-state index in [1.165, 1.54) is 11.3 Å². The van der Waals surface area contributed by atoms with Crippen molar-refractivity contribution in [2.45, 2.75) is 0 Å². The van der Waals surface area contributed by atoms with Gasteiger partial charge in [-0.05, 0) is 17.5 Å². The summed E-state index contributed by atoms with van der Waals surface area (Å²) in [4.78, 5) is 14.5. The van der Waals surface area contributed by atoms with E-state index in [1.54, 1.807) is 12.3 Å². The second-order valence-electron chi connectivity index (χ2n) is 3.79. The number of benzene rings is 1. The third-order valence-electron chi connectivity index (χ3n) is 2.19. The Balaban J connectivity index is 2.30. The first-order chi connectivity index (χ1) is 7.66. The van der Waals surface area contributed by atoms with Crippen molar-refractivity contribution in [1.82, 2.24) is 4.90 Å². The highest BCUT2D eigenvalue weighted by Gasteiger charge is 2.06. The Kier molecular flexibility index (Phi) is 3.06. The molecule has 1 aromatic carbocycles. The highest BCUT2D eigenvalue weighted by atomic mass is 32.1. The first-order valence-corrected chi connectivity index (χ1v) is 5.86. The highest BCUT2D eigenvalue weighted by molar-refractivity contribution is 7.20. The first kappa shape index (κ1) is 10.9. The van der Waals surface area contributed by atoms with Crippen LogP contribution in [-0.4, -0.2) is 24.8 Å². The summed E-state index contributed by atoms with van der Waals surface area (Å²) in [5.41, 5.74) is 0. The molecule has 0 aliphatic rings. The molecule has 0 unspecified atom stereocenters. The molecule has 2 nitrogen and oxygen atoms in total. The van der Waals surface area contributed by atoms with E-state index in [1.807, 2.05) is 49.3 Å². The zero-order chi connectivity index (χ0) is 11.5. The Hall–Kier alpha value is -1.61. The zero-order valence-electron chi connectivity index (χ0n) is 9.31. The largest absolute Gasteiger partial charge is 0.383 e. The van der Waals surface area contributed by atoms with Crippen LogP contribution in [0.4, 0.5) is 0 Å². The second-order valence-corrected chi connectivity index (χ2v) is 4.88. The van der Waals surface area contributed by atoms with Crippen LogP contribution in [0, 0.1) is 0 Å². The lowest BCUT2D eigenvalue weighted by Gasteiger charge is -2.01. The van der Waals surface area contributed by atoms with Gasteiger partial charge in [-0.15, -0.1) is 11.3 Å². The number of carbonyl (C=O) groups excluding carboxylic acids is 1. The van der Waals surface area contributed by atoms with Crippen molar-refractivity contribution in [3.05, 3.63) is 47.5 Å². The molecule has 82 valence electrons. The second kappa shape index (κ2) is 4.49. The number of hydrogen-bond acceptors (Lipinski definition) is 3. The standard InChI is InChI=1S/C13H13NOS/c1-14(2)8-7-11(15)13-9-10-5-3-4-6-12(10)16-13/h3-9H,1-2H3. The van der Waals surface area contributed by atoms with Crippen LogP contribution in [0.3, 0.4) is 0 Å². The van der Waals surface area contributed by atoms with Gasteiger partial charge in [0.05, 0.1) is 4.88 Å². The minimum atomic E-state index is 0.0647. The number of ketones is 1. The third kappa shape index (κ3) is 2.31. The van der Waals surface area contributed by atoms with Crippen molar-refractivity contribution in [1.29, 1.82) is 0 Å². The van der Waals surface area contributed by atoms with E-state index in [2.05, 4.69) is 0 Å². The van der Waals surface area contributed by atoms with Crippen LogP contribution in [0.15, 0.2) is 42.6 Å². The topological polar surface area (TPSA) is 20.3 Å². The van der Waals surface area contributed by atoms with Crippen LogP contribution in [0.25, 0.3) is 10.1 Å². The van der Waals surface area contributed by atoms with Crippen molar-refractivity contribution in [2.24, 2.45) is 0 Å². The van der Waals surface area contributed by atoms with Gasteiger partial charge in [-0.25, -0.2) is 0 Å². The van der Waals surface area contributed by atoms with Gasteiger partial charge in [0, 0.05) is 31.1 Å². The first-order valence-electron chi connectivity index (χ1n) is 5.04. The molecule has 1 aromatic heterocycles. The minimum Gasteiger partial charge on any atom is -0.383 e. The van der Waals surface area contributed by atoms with Crippen molar-refractivity contribution in [2.75, 3.05) is 14.1 Å². The van der Waals surface area contributed by atoms with Crippen LogP contribution in [-0.2, 0) is 0 Å². The number of hydrogen-bond donors (Lipinski definition) is 0. The predicted molar refractivity (Wildman–Crippen MR) is 69.0 cm³/mol. The van der Waals surface area contributed by atoms with Crippen molar-refractivity contribution < 1.29 is 4.79 Å². The molecule has 1 heterocycles. The van der Waals surface area contributed by atoms with Gasteiger partial charge in [0.1, 0.15) is 0 Å². The molecule has 0 bridgehead atoms. The lowest BCUT2D eigenvalue weighted by molar-refractivity contribution is 0.104. The van der Waals surface area contributed by atoms with Crippen LogP contribution in [0.1, 0.15) is 9.67 Å². The number of nitrogens with zero attached hydrogens (tertiary/aromatic N) is 1. The number of fused-ring (bicyclic) bond motifs is 1. The summed E-state index contributed by atoms with van der Waals surface area (Å²) in [6.07, 6.45) is 3.37. The van der Waals surface area contributed by atoms with Gasteiger partial charge in [-0.1, -0.05) is 18.2 Å².